The summed E-state index contributed by atoms with van der Waals surface area (Å²) in [5.74, 6) is 0. The Labute approximate surface area is 125 Å². The highest BCUT2D eigenvalue weighted by atomic mass is 15.2. The van der Waals surface area contributed by atoms with Crippen molar-refractivity contribution in [1.29, 1.82) is 0 Å². The molecule has 0 aromatic carbocycles. The summed E-state index contributed by atoms with van der Waals surface area (Å²) < 4.78 is 0. The molecule has 2 aliphatic heterocycles. The Morgan fingerprint density at radius 2 is 1.65 bits per heavy atom. The molecule has 3 atom stereocenters. The summed E-state index contributed by atoms with van der Waals surface area (Å²) in [6.45, 7) is 2.54. The topological polar surface area (TPSA) is 32.5 Å². The van der Waals surface area contributed by atoms with E-state index in [1.807, 2.05) is 0 Å². The third kappa shape index (κ3) is 4.71. The normalized spacial score (nSPS) is 31.4. The quantitative estimate of drug-likeness (QED) is 0.760. The maximum atomic E-state index is 6.43. The standard InChI is InChI=1S/C17H35N3/c1-19-13-7-5-10-15(19)9-3-4-11-16(18)17-12-6-8-14-20(17)2/h15-17H,3-14,18H2,1-2H3. The first-order valence-electron chi connectivity index (χ1n) is 8.84. The molecule has 0 amide bonds. The molecule has 0 bridgehead atoms. The molecule has 2 aliphatic rings. The Balaban J connectivity index is 1.60. The Kier molecular flexibility index (Phi) is 6.79. The predicted octanol–water partition coefficient (Wildman–Crippen LogP) is 2.84. The van der Waals surface area contributed by atoms with E-state index < -0.39 is 0 Å². The van der Waals surface area contributed by atoms with Crippen LogP contribution < -0.4 is 5.73 Å². The molecular weight excluding hydrogens is 246 g/mol. The number of hydrogen-bond acceptors (Lipinski definition) is 3. The van der Waals surface area contributed by atoms with Crippen molar-refractivity contribution in [1.82, 2.24) is 9.80 Å². The molecule has 118 valence electrons. The van der Waals surface area contributed by atoms with Crippen LogP contribution in [0, 0.1) is 0 Å². The van der Waals surface area contributed by atoms with Crippen LogP contribution in [0.4, 0.5) is 0 Å². The zero-order chi connectivity index (χ0) is 14.4. The van der Waals surface area contributed by atoms with Crippen molar-refractivity contribution in [3.63, 3.8) is 0 Å². The molecule has 2 N–H and O–H groups in total. The average Bonchev–Trinajstić information content (AvgIpc) is 2.45. The van der Waals surface area contributed by atoms with Crippen LogP contribution in [0.2, 0.25) is 0 Å². The minimum atomic E-state index is 0.393. The van der Waals surface area contributed by atoms with Crippen molar-refractivity contribution in [3.8, 4) is 0 Å². The molecule has 0 spiro atoms. The molecule has 3 unspecified atom stereocenters. The van der Waals surface area contributed by atoms with E-state index in [1.165, 1.54) is 77.3 Å². The monoisotopic (exact) mass is 281 g/mol. The number of piperidine rings is 2. The second-order valence-corrected chi connectivity index (χ2v) is 7.12. The summed E-state index contributed by atoms with van der Waals surface area (Å²) in [5, 5.41) is 0. The predicted molar refractivity (Wildman–Crippen MR) is 87.0 cm³/mol. The van der Waals surface area contributed by atoms with Crippen LogP contribution in [0.5, 0.6) is 0 Å². The fraction of sp³-hybridized carbons (Fsp3) is 1.00. The van der Waals surface area contributed by atoms with Gasteiger partial charge in [-0.3, -0.25) is 0 Å². The maximum absolute atomic E-state index is 6.43. The molecule has 0 radical (unpaired) electrons. The molecule has 2 heterocycles. The van der Waals surface area contributed by atoms with Crippen molar-refractivity contribution in [3.05, 3.63) is 0 Å². The third-order valence-corrected chi connectivity index (χ3v) is 5.57. The van der Waals surface area contributed by atoms with Crippen LogP contribution in [0.25, 0.3) is 0 Å². The Bertz CT molecular complexity index is 269. The second-order valence-electron chi connectivity index (χ2n) is 7.12. The zero-order valence-corrected chi connectivity index (χ0v) is 13.7. The van der Waals surface area contributed by atoms with Gasteiger partial charge in [-0.2, -0.15) is 0 Å². The Morgan fingerprint density at radius 1 is 0.950 bits per heavy atom. The fourth-order valence-electron chi connectivity index (χ4n) is 4.10. The van der Waals surface area contributed by atoms with E-state index in [9.17, 15) is 0 Å². The molecule has 0 saturated carbocycles. The minimum absolute atomic E-state index is 0.393. The summed E-state index contributed by atoms with van der Waals surface area (Å²) in [7, 11) is 4.55. The lowest BCUT2D eigenvalue weighted by Gasteiger charge is -2.36. The van der Waals surface area contributed by atoms with E-state index in [4.69, 9.17) is 5.73 Å². The smallest absolute Gasteiger partial charge is 0.0244 e. The van der Waals surface area contributed by atoms with Crippen molar-refractivity contribution in [2.45, 2.75) is 82.3 Å². The largest absolute Gasteiger partial charge is 0.326 e. The van der Waals surface area contributed by atoms with Crippen LogP contribution in [0.1, 0.15) is 64.2 Å². The summed E-state index contributed by atoms with van der Waals surface area (Å²) in [5.41, 5.74) is 6.43. The van der Waals surface area contributed by atoms with Gasteiger partial charge in [0.15, 0.2) is 0 Å². The molecule has 0 aromatic rings. The van der Waals surface area contributed by atoms with Gasteiger partial charge >= 0.3 is 0 Å². The highest BCUT2D eigenvalue weighted by Crippen LogP contribution is 2.22. The molecule has 2 fully saturated rings. The average molecular weight is 281 g/mol. The zero-order valence-electron chi connectivity index (χ0n) is 13.7. The summed E-state index contributed by atoms with van der Waals surface area (Å²) in [6, 6.07) is 1.88. The summed E-state index contributed by atoms with van der Waals surface area (Å²) in [6.07, 6.45) is 13.5. The fourth-order valence-corrected chi connectivity index (χ4v) is 4.10. The Hall–Kier alpha value is -0.120. The van der Waals surface area contributed by atoms with E-state index in [2.05, 4.69) is 23.9 Å². The van der Waals surface area contributed by atoms with Crippen molar-refractivity contribution < 1.29 is 0 Å². The molecule has 0 aromatic heterocycles. The van der Waals surface area contributed by atoms with Crippen LogP contribution in [0.15, 0.2) is 0 Å². The first-order chi connectivity index (χ1) is 9.68. The number of rotatable bonds is 6. The number of unbranched alkanes of at least 4 members (excludes halogenated alkanes) is 1. The molecule has 3 nitrogen and oxygen atoms in total. The van der Waals surface area contributed by atoms with E-state index in [0.29, 0.717) is 12.1 Å². The first-order valence-corrected chi connectivity index (χ1v) is 8.84. The minimum Gasteiger partial charge on any atom is -0.326 e. The van der Waals surface area contributed by atoms with Crippen LogP contribution >= 0.6 is 0 Å². The number of nitrogens with zero attached hydrogens (tertiary/aromatic N) is 2. The number of likely N-dealkylation sites (N-methyl/N-ethyl adjacent to an activating group) is 1. The summed E-state index contributed by atoms with van der Waals surface area (Å²) in [4.78, 5) is 5.06. The Morgan fingerprint density at radius 3 is 2.35 bits per heavy atom. The molecular formula is C17H35N3. The first kappa shape index (κ1) is 16.3. The number of nitrogens with two attached hydrogens (primary N) is 1. The van der Waals surface area contributed by atoms with Gasteiger partial charge in [0, 0.05) is 18.1 Å². The number of hydrogen-bond donors (Lipinski definition) is 1. The van der Waals surface area contributed by atoms with Gasteiger partial charge < -0.3 is 15.5 Å². The van der Waals surface area contributed by atoms with E-state index in [0.717, 1.165) is 6.04 Å². The van der Waals surface area contributed by atoms with E-state index in [-0.39, 0.29) is 0 Å². The van der Waals surface area contributed by atoms with Gasteiger partial charge in [-0.15, -0.1) is 0 Å². The maximum Gasteiger partial charge on any atom is 0.0244 e. The lowest BCUT2D eigenvalue weighted by atomic mass is 9.92. The van der Waals surface area contributed by atoms with Gasteiger partial charge in [-0.05, 0) is 65.7 Å². The lowest BCUT2D eigenvalue weighted by molar-refractivity contribution is 0.151. The van der Waals surface area contributed by atoms with Crippen LogP contribution in [-0.4, -0.2) is 55.1 Å². The van der Waals surface area contributed by atoms with Gasteiger partial charge in [0.05, 0.1) is 0 Å². The molecule has 0 aliphatic carbocycles. The van der Waals surface area contributed by atoms with Gasteiger partial charge in [0.25, 0.3) is 0 Å². The van der Waals surface area contributed by atoms with E-state index in [1.54, 1.807) is 0 Å². The SMILES string of the molecule is CN1CCCCC1CCCCC(N)C1CCCCN1C. The molecule has 20 heavy (non-hydrogen) atoms. The molecule has 3 heteroatoms. The second kappa shape index (κ2) is 8.35. The highest BCUT2D eigenvalue weighted by Gasteiger charge is 2.24. The van der Waals surface area contributed by atoms with E-state index >= 15 is 0 Å². The van der Waals surface area contributed by atoms with Gasteiger partial charge in [-0.25, -0.2) is 0 Å². The van der Waals surface area contributed by atoms with Crippen molar-refractivity contribution in [2.75, 3.05) is 27.2 Å². The highest BCUT2D eigenvalue weighted by molar-refractivity contribution is 4.84. The third-order valence-electron chi connectivity index (χ3n) is 5.57. The van der Waals surface area contributed by atoms with Gasteiger partial charge in [0.1, 0.15) is 0 Å². The number of likely N-dealkylation sites (tertiary alicyclic amines) is 2. The molecule has 2 saturated heterocycles. The van der Waals surface area contributed by atoms with Crippen molar-refractivity contribution in [2.24, 2.45) is 5.73 Å². The lowest BCUT2D eigenvalue weighted by Crippen LogP contribution is -2.48. The van der Waals surface area contributed by atoms with Gasteiger partial charge in [-0.1, -0.05) is 25.7 Å². The van der Waals surface area contributed by atoms with Gasteiger partial charge in [0.2, 0.25) is 0 Å². The van der Waals surface area contributed by atoms with Crippen LogP contribution in [0.3, 0.4) is 0 Å². The molecule has 2 rings (SSSR count). The van der Waals surface area contributed by atoms with Crippen LogP contribution in [-0.2, 0) is 0 Å². The van der Waals surface area contributed by atoms with Crippen molar-refractivity contribution >= 4 is 0 Å². The summed E-state index contributed by atoms with van der Waals surface area (Å²) >= 11 is 0.